The average Bonchev–Trinajstić information content (AvgIpc) is 3.83. The van der Waals surface area contributed by atoms with Gasteiger partial charge in [-0.2, -0.15) is 4.98 Å². The normalized spacial score (nSPS) is 28.5. The van der Waals surface area contributed by atoms with Crippen molar-refractivity contribution >= 4 is 55.4 Å². The van der Waals surface area contributed by atoms with Gasteiger partial charge in [0.2, 0.25) is 5.88 Å². The molecule has 5 aromatic rings. The highest BCUT2D eigenvalue weighted by Gasteiger charge is 2.51. The van der Waals surface area contributed by atoms with Crippen LogP contribution in [0.15, 0.2) is 83.9 Å². The highest BCUT2D eigenvalue weighted by atomic mass is 32.2. The van der Waals surface area contributed by atoms with Crippen molar-refractivity contribution in [1.29, 1.82) is 0 Å². The number of amides is 1. The molecule has 4 aliphatic heterocycles. The summed E-state index contributed by atoms with van der Waals surface area (Å²) in [6.45, 7) is 13.0. The largest absolute Gasteiger partial charge is 0.468 e. The molecule has 11 rings (SSSR count). The zero-order valence-corrected chi connectivity index (χ0v) is 43.0. The molecule has 6 aliphatic rings. The van der Waals surface area contributed by atoms with Gasteiger partial charge in [-0.3, -0.25) is 19.8 Å². The van der Waals surface area contributed by atoms with E-state index in [0.29, 0.717) is 80.5 Å². The van der Waals surface area contributed by atoms with Gasteiger partial charge < -0.3 is 39.4 Å². The van der Waals surface area contributed by atoms with E-state index in [1.165, 1.54) is 23.3 Å². The first-order valence-electron chi connectivity index (χ1n) is 26.2. The Morgan fingerprint density at radius 2 is 1.75 bits per heavy atom. The van der Waals surface area contributed by atoms with Crippen molar-refractivity contribution in [2.24, 2.45) is 11.3 Å². The summed E-state index contributed by atoms with van der Waals surface area (Å²) in [6, 6.07) is 22.6. The molecule has 1 amide bonds. The van der Waals surface area contributed by atoms with Gasteiger partial charge >= 0.3 is 0 Å². The molecule has 2 aromatic heterocycles. The predicted octanol–water partition coefficient (Wildman–Crippen LogP) is 8.97. The Kier molecular flexibility index (Phi) is 13.2. The van der Waals surface area contributed by atoms with E-state index in [9.17, 15) is 28.4 Å². The summed E-state index contributed by atoms with van der Waals surface area (Å²) in [5.41, 5.74) is 4.82. The fourth-order valence-electron chi connectivity index (χ4n) is 13.0. The second-order valence-corrected chi connectivity index (χ2v) is 23.9. The van der Waals surface area contributed by atoms with Gasteiger partial charge in [-0.25, -0.2) is 13.1 Å². The number of aliphatic hydroxyl groups is 1. The number of rotatable bonds is 12. The van der Waals surface area contributed by atoms with E-state index in [4.69, 9.17) is 19.2 Å². The third-order valence-electron chi connectivity index (χ3n) is 17.0. The molecule has 73 heavy (non-hydrogen) atoms. The van der Waals surface area contributed by atoms with Crippen LogP contribution in [-0.4, -0.2) is 115 Å². The number of anilines is 4. The van der Waals surface area contributed by atoms with Crippen LogP contribution in [-0.2, 0) is 19.5 Å². The number of nitrogens with one attached hydrogen (secondary N) is 3. The number of sulfonamides is 1. The highest BCUT2D eigenvalue weighted by molar-refractivity contribution is 7.90. The lowest BCUT2D eigenvalue weighted by molar-refractivity contribution is -0.384. The van der Waals surface area contributed by atoms with Gasteiger partial charge in [0, 0.05) is 61.7 Å². The standard InChI is InChI=1S/C55H68N8O9S/c1-34(2)41-7-5-6-8-42(41)49-32-71-24-22-61(49)39-29-55(30-39)19-21-60(35(3)28-55)38-9-11-43(46(26-38)62-45-16-23-70-33-50(45)72-53-48(62)25-37-15-20-56-51(37)58-53)52(64)59-73(68,69)40-10-12-44(47(27-40)63(66)67)57-31-36-13-17-54(4,65)18-14-36/h5-12,15,20,25-27,34-36,39,45,49-50,57,65H,13-14,16-19,21-24,28-33H2,1-4H3,(H,56,58)(H,59,64)/t35?,36?,39?,45-,49-,50-,54?,55?/m0/s1. The molecule has 0 bridgehead atoms. The van der Waals surface area contributed by atoms with E-state index >= 15 is 0 Å². The van der Waals surface area contributed by atoms with Gasteiger partial charge in [0.15, 0.2) is 0 Å². The van der Waals surface area contributed by atoms with Crippen molar-refractivity contribution < 1.29 is 37.5 Å². The number of nitro benzene ring substituents is 1. The first-order valence-corrected chi connectivity index (χ1v) is 27.7. The predicted molar refractivity (Wildman–Crippen MR) is 279 cm³/mol. The summed E-state index contributed by atoms with van der Waals surface area (Å²) in [6.07, 6.45) is 9.03. The van der Waals surface area contributed by atoms with Crippen molar-refractivity contribution in [3.05, 3.63) is 106 Å². The van der Waals surface area contributed by atoms with Crippen molar-refractivity contribution in [1.82, 2.24) is 19.6 Å². The van der Waals surface area contributed by atoms with E-state index in [0.717, 1.165) is 75.4 Å². The molecule has 17 nitrogen and oxygen atoms in total. The number of morpholine rings is 1. The molecule has 4 atom stereocenters. The van der Waals surface area contributed by atoms with Crippen molar-refractivity contribution in [3.63, 3.8) is 0 Å². The van der Waals surface area contributed by atoms with Crippen LogP contribution in [0.5, 0.6) is 5.88 Å². The maximum absolute atomic E-state index is 14.8. The minimum atomic E-state index is -4.63. The molecule has 6 heterocycles. The number of H-pyrrole nitrogens is 1. The maximum Gasteiger partial charge on any atom is 0.293 e. The van der Waals surface area contributed by atoms with Crippen molar-refractivity contribution in [3.8, 4) is 5.88 Å². The molecule has 18 heteroatoms. The smallest absolute Gasteiger partial charge is 0.293 e. The van der Waals surface area contributed by atoms with Crippen LogP contribution >= 0.6 is 0 Å². The number of aromatic amines is 1. The molecule has 5 fully saturated rings. The summed E-state index contributed by atoms with van der Waals surface area (Å²) < 4.78 is 49.3. The third kappa shape index (κ3) is 9.65. The lowest BCUT2D eigenvalue weighted by Gasteiger charge is -2.59. The van der Waals surface area contributed by atoms with E-state index in [2.05, 4.69) is 74.8 Å². The number of hydrogen-bond acceptors (Lipinski definition) is 14. The number of pyridine rings is 1. The second kappa shape index (κ2) is 19.5. The Morgan fingerprint density at radius 3 is 2.53 bits per heavy atom. The Morgan fingerprint density at radius 1 is 0.959 bits per heavy atom. The number of carbonyl (C=O) groups excluding carboxylic acids is 1. The molecular formula is C55H68N8O9S. The lowest BCUT2D eigenvalue weighted by atomic mass is 9.58. The number of piperidine rings is 1. The SMILES string of the molecule is CC(C)c1ccccc1[C@@H]1COCCN1C1CC2(CCN(c3ccc(C(=O)NS(=O)(=O)c4ccc(NCC5CCC(C)(O)CC5)c([N+](=O)[O-])c4)c(N4c5cc6cc[nH]c6nc5O[C@H]5COCC[C@@H]54)c3)C(C)C2)C1. The van der Waals surface area contributed by atoms with Crippen LogP contribution in [0.4, 0.5) is 28.4 Å². The number of nitrogens with zero attached hydrogens (tertiary/aromatic N) is 5. The molecule has 2 saturated carbocycles. The average molecular weight is 1020 g/mol. The van der Waals surface area contributed by atoms with E-state index < -0.39 is 43.1 Å². The Hall–Kier alpha value is -5.79. The third-order valence-corrected chi connectivity index (χ3v) is 18.3. The number of aromatic nitrogens is 2. The van der Waals surface area contributed by atoms with E-state index in [1.54, 1.807) is 6.07 Å². The molecule has 3 aromatic carbocycles. The monoisotopic (exact) mass is 1020 g/mol. The van der Waals surface area contributed by atoms with E-state index in [-0.39, 0.29) is 40.7 Å². The molecular weight excluding hydrogens is 949 g/mol. The molecule has 388 valence electrons. The summed E-state index contributed by atoms with van der Waals surface area (Å²) >= 11 is 0. The summed E-state index contributed by atoms with van der Waals surface area (Å²) in [7, 11) is -4.63. The van der Waals surface area contributed by atoms with Crippen LogP contribution in [0, 0.1) is 21.4 Å². The number of fused-ring (bicyclic) bond motifs is 3. The van der Waals surface area contributed by atoms with E-state index in [1.807, 2.05) is 37.4 Å². The fraction of sp³-hybridized carbons (Fsp3) is 0.527. The first-order chi connectivity index (χ1) is 35.1. The summed E-state index contributed by atoms with van der Waals surface area (Å²) in [5, 5.41) is 26.8. The fourth-order valence-corrected chi connectivity index (χ4v) is 14.0. The minimum absolute atomic E-state index is 0.112. The topological polar surface area (TPSA) is 205 Å². The number of benzene rings is 3. The quantitative estimate of drug-likeness (QED) is 0.0681. The van der Waals surface area contributed by atoms with Gasteiger partial charge in [-0.1, -0.05) is 38.1 Å². The van der Waals surface area contributed by atoms with Gasteiger partial charge in [-0.05, 0) is 142 Å². The first kappa shape index (κ1) is 49.4. The van der Waals surface area contributed by atoms with Gasteiger partial charge in [0.1, 0.15) is 23.1 Å². The maximum atomic E-state index is 14.8. The Labute approximate surface area is 427 Å². The Balaban J connectivity index is 0.877. The summed E-state index contributed by atoms with van der Waals surface area (Å²) in [5.74, 6) is 0.107. The van der Waals surface area contributed by atoms with Crippen LogP contribution < -0.4 is 24.6 Å². The van der Waals surface area contributed by atoms with Crippen LogP contribution in [0.3, 0.4) is 0 Å². The number of hydrogen-bond donors (Lipinski definition) is 4. The summed E-state index contributed by atoms with van der Waals surface area (Å²) in [4.78, 5) is 41.4. The van der Waals surface area contributed by atoms with Crippen LogP contribution in [0.25, 0.3) is 11.0 Å². The van der Waals surface area contributed by atoms with Crippen molar-refractivity contribution in [2.45, 2.75) is 132 Å². The molecule has 3 saturated heterocycles. The van der Waals surface area contributed by atoms with Gasteiger partial charge in [0.05, 0.1) is 58.6 Å². The molecule has 1 spiro atoms. The highest BCUT2D eigenvalue weighted by Crippen LogP contribution is 2.55. The molecule has 2 aliphatic carbocycles. The number of nitro groups is 1. The molecule has 0 radical (unpaired) electrons. The number of carbonyl (C=O) groups is 1. The molecule has 1 unspecified atom stereocenters. The Bertz CT molecular complexity index is 3000. The van der Waals surface area contributed by atoms with Crippen molar-refractivity contribution in [2.75, 3.05) is 61.2 Å². The molecule has 4 N–H and O–H groups in total. The number of ether oxygens (including phenoxy) is 3. The van der Waals surface area contributed by atoms with Gasteiger partial charge in [-0.15, -0.1) is 0 Å². The van der Waals surface area contributed by atoms with Crippen LogP contribution in [0.2, 0.25) is 0 Å². The lowest BCUT2D eigenvalue weighted by Crippen LogP contribution is -2.59. The zero-order valence-electron chi connectivity index (χ0n) is 42.2. The minimum Gasteiger partial charge on any atom is -0.468 e. The van der Waals surface area contributed by atoms with Crippen LogP contribution in [0.1, 0.15) is 119 Å². The zero-order chi connectivity index (χ0) is 50.8. The second-order valence-electron chi connectivity index (χ2n) is 22.2. The van der Waals surface area contributed by atoms with Gasteiger partial charge in [0.25, 0.3) is 21.6 Å².